The quantitative estimate of drug-likeness (QED) is 0.305. The molecule has 2 heterocycles. The van der Waals surface area contributed by atoms with Crippen molar-refractivity contribution in [2.24, 2.45) is 4.99 Å². The van der Waals surface area contributed by atoms with Gasteiger partial charge >= 0.3 is 0 Å². The van der Waals surface area contributed by atoms with Gasteiger partial charge in [-0.3, -0.25) is 9.89 Å². The molecular formula is C17H33IN6O3S. The highest BCUT2D eigenvalue weighted by molar-refractivity contribution is 14.0. The van der Waals surface area contributed by atoms with Gasteiger partial charge in [0.05, 0.1) is 11.4 Å². The fourth-order valence-corrected chi connectivity index (χ4v) is 4.61. The lowest BCUT2D eigenvalue weighted by Gasteiger charge is -2.36. The van der Waals surface area contributed by atoms with Crippen LogP contribution in [0.25, 0.3) is 0 Å². The number of rotatable bonds is 8. The largest absolute Gasteiger partial charge is 0.361 e. The van der Waals surface area contributed by atoms with Gasteiger partial charge in [-0.25, -0.2) is 12.7 Å². The minimum Gasteiger partial charge on any atom is -0.361 e. The van der Waals surface area contributed by atoms with E-state index in [0.29, 0.717) is 19.6 Å². The topological polar surface area (TPSA) is 94.3 Å². The van der Waals surface area contributed by atoms with E-state index < -0.39 is 10.0 Å². The van der Waals surface area contributed by atoms with Crippen LogP contribution in [0.2, 0.25) is 0 Å². The minimum atomic E-state index is -3.23. The SMILES string of the molecule is CCN(CC)S(=O)(=O)CCNC(=NC)N1CCN(Cc2cc(C)on2)CC1.I. The molecule has 1 aromatic heterocycles. The van der Waals surface area contributed by atoms with E-state index in [1.54, 1.807) is 7.05 Å². The third-order valence-corrected chi connectivity index (χ3v) is 6.71. The number of aromatic nitrogens is 1. The number of hydrogen-bond acceptors (Lipinski definition) is 6. The zero-order chi connectivity index (χ0) is 19.9. The second-order valence-corrected chi connectivity index (χ2v) is 8.65. The third kappa shape index (κ3) is 7.16. The van der Waals surface area contributed by atoms with E-state index in [2.05, 4.69) is 25.3 Å². The van der Waals surface area contributed by atoms with Crippen molar-refractivity contribution >= 4 is 40.0 Å². The molecule has 1 fully saturated rings. The van der Waals surface area contributed by atoms with Gasteiger partial charge in [-0.1, -0.05) is 19.0 Å². The number of aliphatic imine (C=N–C) groups is 1. The molecule has 0 unspecified atom stereocenters. The number of nitrogens with one attached hydrogen (secondary N) is 1. The van der Waals surface area contributed by atoms with E-state index in [4.69, 9.17) is 4.52 Å². The third-order valence-electron chi connectivity index (χ3n) is 4.69. The van der Waals surface area contributed by atoms with Crippen LogP contribution in [0.5, 0.6) is 0 Å². The maximum atomic E-state index is 12.3. The number of aryl methyl sites for hydroxylation is 1. The molecule has 2 rings (SSSR count). The van der Waals surface area contributed by atoms with Gasteiger partial charge in [-0.05, 0) is 6.92 Å². The Balaban J connectivity index is 0.00000392. The van der Waals surface area contributed by atoms with Crippen LogP contribution < -0.4 is 5.32 Å². The Hall–Kier alpha value is -0.920. The number of guanidine groups is 1. The Morgan fingerprint density at radius 1 is 1.29 bits per heavy atom. The van der Waals surface area contributed by atoms with E-state index in [-0.39, 0.29) is 29.7 Å². The smallest absolute Gasteiger partial charge is 0.215 e. The van der Waals surface area contributed by atoms with E-state index in [1.165, 1.54) is 4.31 Å². The molecule has 1 N–H and O–H groups in total. The van der Waals surface area contributed by atoms with Crippen LogP contribution in [0.1, 0.15) is 25.3 Å². The van der Waals surface area contributed by atoms with Crippen molar-refractivity contribution in [3.05, 3.63) is 17.5 Å². The van der Waals surface area contributed by atoms with Crippen LogP contribution >= 0.6 is 24.0 Å². The summed E-state index contributed by atoms with van der Waals surface area (Å²) in [5, 5.41) is 7.24. The van der Waals surface area contributed by atoms with Gasteiger partial charge in [-0.15, -0.1) is 24.0 Å². The summed E-state index contributed by atoms with van der Waals surface area (Å²) in [6, 6.07) is 1.96. The number of sulfonamides is 1. The first kappa shape index (κ1) is 25.1. The van der Waals surface area contributed by atoms with Gasteiger partial charge < -0.3 is 14.7 Å². The first-order chi connectivity index (χ1) is 12.9. The van der Waals surface area contributed by atoms with Crippen molar-refractivity contribution < 1.29 is 12.9 Å². The van der Waals surface area contributed by atoms with Crippen LogP contribution in [0.3, 0.4) is 0 Å². The molecule has 0 spiro atoms. The number of nitrogens with zero attached hydrogens (tertiary/aromatic N) is 5. The molecule has 1 aliphatic heterocycles. The Morgan fingerprint density at radius 3 is 2.43 bits per heavy atom. The summed E-state index contributed by atoms with van der Waals surface area (Å²) in [5.74, 6) is 1.65. The van der Waals surface area contributed by atoms with Gasteiger partial charge in [-0.2, -0.15) is 0 Å². The summed E-state index contributed by atoms with van der Waals surface area (Å²) in [6.45, 7) is 11.2. The molecular weight excluding hydrogens is 495 g/mol. The second-order valence-electron chi connectivity index (χ2n) is 6.57. The molecule has 1 aliphatic rings. The van der Waals surface area contributed by atoms with Crippen LogP contribution in [0.15, 0.2) is 15.6 Å². The molecule has 0 atom stereocenters. The number of hydrogen-bond donors (Lipinski definition) is 1. The van der Waals surface area contributed by atoms with Crippen LogP contribution in [0.4, 0.5) is 0 Å². The zero-order valence-corrected chi connectivity index (χ0v) is 20.4. The molecule has 0 aliphatic carbocycles. The molecule has 0 aromatic carbocycles. The van der Waals surface area contributed by atoms with Gasteiger partial charge in [0, 0.05) is 65.5 Å². The average molecular weight is 528 g/mol. The average Bonchev–Trinajstić information content (AvgIpc) is 3.05. The Labute approximate surface area is 185 Å². The summed E-state index contributed by atoms with van der Waals surface area (Å²) in [4.78, 5) is 8.79. The van der Waals surface area contributed by atoms with E-state index in [0.717, 1.165) is 50.1 Å². The summed E-state index contributed by atoms with van der Waals surface area (Å²) in [6.07, 6.45) is 0. The van der Waals surface area contributed by atoms with E-state index in [1.807, 2.05) is 26.8 Å². The van der Waals surface area contributed by atoms with Crippen molar-refractivity contribution in [3.8, 4) is 0 Å². The van der Waals surface area contributed by atoms with Gasteiger partial charge in [0.1, 0.15) is 5.76 Å². The predicted molar refractivity (Wildman–Crippen MR) is 122 cm³/mol. The van der Waals surface area contributed by atoms with Crippen molar-refractivity contribution in [2.45, 2.75) is 27.3 Å². The van der Waals surface area contributed by atoms with Crippen LogP contribution in [0, 0.1) is 6.92 Å². The second kappa shape index (κ2) is 11.9. The highest BCUT2D eigenvalue weighted by Gasteiger charge is 2.22. The normalized spacial score (nSPS) is 16.3. The molecule has 11 heteroatoms. The van der Waals surface area contributed by atoms with Gasteiger partial charge in [0.2, 0.25) is 10.0 Å². The van der Waals surface area contributed by atoms with Gasteiger partial charge in [0.25, 0.3) is 0 Å². The van der Waals surface area contributed by atoms with Crippen molar-refractivity contribution in [2.75, 3.05) is 58.6 Å². The fourth-order valence-electron chi connectivity index (χ4n) is 3.21. The minimum absolute atomic E-state index is 0. The molecule has 0 bridgehead atoms. The Kier molecular flexibility index (Phi) is 10.7. The van der Waals surface area contributed by atoms with Crippen LogP contribution in [-0.4, -0.2) is 92.3 Å². The monoisotopic (exact) mass is 528 g/mol. The molecule has 1 aromatic rings. The molecule has 0 radical (unpaired) electrons. The molecule has 9 nitrogen and oxygen atoms in total. The molecule has 0 amide bonds. The summed E-state index contributed by atoms with van der Waals surface area (Å²) in [7, 11) is -1.50. The maximum Gasteiger partial charge on any atom is 0.215 e. The molecule has 1 saturated heterocycles. The highest BCUT2D eigenvalue weighted by atomic mass is 127. The summed E-state index contributed by atoms with van der Waals surface area (Å²) >= 11 is 0. The van der Waals surface area contributed by atoms with E-state index in [9.17, 15) is 8.42 Å². The molecule has 28 heavy (non-hydrogen) atoms. The zero-order valence-electron chi connectivity index (χ0n) is 17.2. The summed E-state index contributed by atoms with van der Waals surface area (Å²) < 4.78 is 31.1. The summed E-state index contributed by atoms with van der Waals surface area (Å²) in [5.41, 5.74) is 0.949. The molecule has 162 valence electrons. The lowest BCUT2D eigenvalue weighted by molar-refractivity contribution is 0.169. The van der Waals surface area contributed by atoms with Crippen molar-refractivity contribution in [3.63, 3.8) is 0 Å². The van der Waals surface area contributed by atoms with Crippen molar-refractivity contribution in [1.82, 2.24) is 24.6 Å². The predicted octanol–water partition coefficient (Wildman–Crippen LogP) is 0.966. The fraction of sp³-hybridized carbons (Fsp3) is 0.765. The highest BCUT2D eigenvalue weighted by Crippen LogP contribution is 2.09. The lowest BCUT2D eigenvalue weighted by Crippen LogP contribution is -2.52. The Bertz CT molecular complexity index is 712. The first-order valence-corrected chi connectivity index (χ1v) is 11.1. The standard InChI is InChI=1S/C17H32N6O3S.HI/c1-5-23(6-2)27(24,25)12-7-19-17(18-4)22-10-8-21(9-11-22)14-16-13-15(3)26-20-16;/h13H,5-12,14H2,1-4H3,(H,18,19);1H. The van der Waals surface area contributed by atoms with Crippen molar-refractivity contribution in [1.29, 1.82) is 0 Å². The van der Waals surface area contributed by atoms with E-state index >= 15 is 0 Å². The Morgan fingerprint density at radius 2 is 1.93 bits per heavy atom. The van der Waals surface area contributed by atoms with Gasteiger partial charge in [0.15, 0.2) is 5.96 Å². The lowest BCUT2D eigenvalue weighted by atomic mass is 10.3. The first-order valence-electron chi connectivity index (χ1n) is 9.47. The maximum absolute atomic E-state index is 12.3. The van der Waals surface area contributed by atoms with Crippen LogP contribution in [-0.2, 0) is 16.6 Å². The molecule has 0 saturated carbocycles. The number of halogens is 1. The number of piperazine rings is 1.